The second kappa shape index (κ2) is 4.04. The first-order valence-electron chi connectivity index (χ1n) is 3.70. The Morgan fingerprint density at radius 1 is 1.50 bits per heavy atom. The molecule has 0 amide bonds. The van der Waals surface area contributed by atoms with Gasteiger partial charge in [-0.3, -0.25) is 0 Å². The second-order valence-electron chi connectivity index (χ2n) is 2.46. The lowest BCUT2D eigenvalue weighted by Gasteiger charge is -2.04. The average molecular weight is 171 g/mol. The van der Waals surface area contributed by atoms with Gasteiger partial charge in [0.1, 0.15) is 5.69 Å². The Morgan fingerprint density at radius 2 is 2.25 bits per heavy atom. The van der Waals surface area contributed by atoms with Crippen molar-refractivity contribution in [3.63, 3.8) is 0 Å². The van der Waals surface area contributed by atoms with Crippen LogP contribution in [0.1, 0.15) is 0 Å². The summed E-state index contributed by atoms with van der Waals surface area (Å²) >= 11 is 0. The van der Waals surface area contributed by atoms with Gasteiger partial charge in [0.2, 0.25) is 0 Å². The van der Waals surface area contributed by atoms with Crippen LogP contribution in [0.15, 0.2) is 18.2 Å². The molecule has 0 saturated heterocycles. The minimum atomic E-state index is -0.337. The van der Waals surface area contributed by atoms with Crippen molar-refractivity contribution < 1.29 is 15.2 Å². The summed E-state index contributed by atoms with van der Waals surface area (Å²) in [6.45, 7) is 0.346. The van der Waals surface area contributed by atoms with Gasteiger partial charge in [-0.2, -0.15) is 0 Å². The quantitative estimate of drug-likeness (QED) is 0.604. The van der Waals surface area contributed by atoms with Crippen molar-refractivity contribution in [3.05, 3.63) is 24.0 Å². The van der Waals surface area contributed by atoms with Gasteiger partial charge in [0.15, 0.2) is 5.82 Å². The molecule has 0 aromatic heterocycles. The molecule has 0 spiro atoms. The van der Waals surface area contributed by atoms with Gasteiger partial charge in [-0.1, -0.05) is 0 Å². The van der Waals surface area contributed by atoms with E-state index < -0.39 is 0 Å². The highest BCUT2D eigenvalue weighted by Gasteiger charge is 2.01. The fourth-order valence-electron chi connectivity index (χ4n) is 0.893. The van der Waals surface area contributed by atoms with E-state index >= 15 is 0 Å². The van der Waals surface area contributed by atoms with Gasteiger partial charge in [-0.25, -0.2) is 4.39 Å². The van der Waals surface area contributed by atoms with Crippen molar-refractivity contribution in [2.45, 2.75) is 0 Å². The molecule has 0 saturated carbocycles. The summed E-state index contributed by atoms with van der Waals surface area (Å²) in [5.74, 6) is -0.337. The molecule has 0 aliphatic heterocycles. The summed E-state index contributed by atoms with van der Waals surface area (Å²) < 4.78 is 13.0. The number of anilines is 1. The summed E-state index contributed by atoms with van der Waals surface area (Å²) in [6.07, 6.45) is 0. The monoisotopic (exact) mass is 171 g/mol. The zero-order valence-electron chi connectivity index (χ0n) is 6.68. The molecular formula is C8H12FN2O+. The first kappa shape index (κ1) is 8.96. The maximum atomic E-state index is 13.0. The van der Waals surface area contributed by atoms with Crippen LogP contribution in [-0.4, -0.2) is 18.3 Å². The summed E-state index contributed by atoms with van der Waals surface area (Å²) in [5.41, 5.74) is 4.63. The Kier molecular flexibility index (Phi) is 3.01. The molecule has 66 valence electrons. The molecule has 0 bridgehead atoms. The molecule has 1 aromatic carbocycles. The number of quaternary nitrogens is 1. The van der Waals surface area contributed by atoms with Crippen LogP contribution < -0.4 is 11.1 Å². The lowest BCUT2D eigenvalue weighted by atomic mass is 10.2. The average Bonchev–Trinajstić information content (AvgIpc) is 2.03. The van der Waals surface area contributed by atoms with E-state index in [2.05, 4.69) is 11.1 Å². The van der Waals surface area contributed by atoms with Crippen LogP contribution >= 0.6 is 0 Å². The minimum Gasteiger partial charge on any atom is -0.395 e. The van der Waals surface area contributed by atoms with Crippen LogP contribution in [0.25, 0.3) is 0 Å². The number of aliphatic hydroxyl groups excluding tert-OH is 1. The predicted molar refractivity (Wildman–Crippen MR) is 44.5 cm³/mol. The molecule has 1 aromatic rings. The lowest BCUT2D eigenvalue weighted by Crippen LogP contribution is -2.40. The smallest absolute Gasteiger partial charge is 0.152 e. The third-order valence-corrected chi connectivity index (χ3v) is 1.46. The molecule has 0 radical (unpaired) electrons. The van der Waals surface area contributed by atoms with E-state index in [-0.39, 0.29) is 12.4 Å². The molecule has 4 heteroatoms. The molecule has 12 heavy (non-hydrogen) atoms. The van der Waals surface area contributed by atoms with E-state index in [9.17, 15) is 4.39 Å². The first-order valence-corrected chi connectivity index (χ1v) is 3.70. The maximum Gasteiger partial charge on any atom is 0.152 e. The predicted octanol–water partition coefficient (Wildman–Crippen LogP) is 0.103. The van der Waals surface area contributed by atoms with E-state index in [0.717, 1.165) is 0 Å². The first-order chi connectivity index (χ1) is 5.74. The van der Waals surface area contributed by atoms with E-state index in [1.54, 1.807) is 12.1 Å². The van der Waals surface area contributed by atoms with E-state index in [1.807, 2.05) is 0 Å². The summed E-state index contributed by atoms with van der Waals surface area (Å²) in [5, 5.41) is 11.2. The van der Waals surface area contributed by atoms with Gasteiger partial charge in [0.05, 0.1) is 12.3 Å². The molecule has 1 rings (SSSR count). The van der Waals surface area contributed by atoms with Gasteiger partial charge in [-0.05, 0) is 6.07 Å². The van der Waals surface area contributed by atoms with Crippen LogP contribution in [-0.2, 0) is 0 Å². The Hall–Kier alpha value is -1.13. The third kappa shape index (κ3) is 2.18. The SMILES string of the molecule is [NH3+]c1ccc(NCCO)c(F)c1. The standard InChI is InChI=1S/C8H11FN2O/c9-7-5-6(10)1-2-8(7)11-3-4-12/h1-2,5,11-12H,3-4,10H2/p+1. The summed E-state index contributed by atoms with van der Waals surface area (Å²) in [7, 11) is 0. The minimum absolute atomic E-state index is 0.00837. The number of benzene rings is 1. The highest BCUT2D eigenvalue weighted by Crippen LogP contribution is 2.15. The summed E-state index contributed by atoms with van der Waals surface area (Å²) in [6, 6.07) is 4.66. The normalized spacial score (nSPS) is 9.92. The fourth-order valence-corrected chi connectivity index (χ4v) is 0.893. The zero-order valence-corrected chi connectivity index (χ0v) is 6.68. The third-order valence-electron chi connectivity index (χ3n) is 1.46. The van der Waals surface area contributed by atoms with E-state index in [0.29, 0.717) is 17.9 Å². The van der Waals surface area contributed by atoms with Crippen molar-refractivity contribution in [3.8, 4) is 0 Å². The van der Waals surface area contributed by atoms with Crippen LogP contribution in [0.4, 0.5) is 15.8 Å². The topological polar surface area (TPSA) is 59.9 Å². The van der Waals surface area contributed by atoms with Crippen molar-refractivity contribution in [2.24, 2.45) is 0 Å². The van der Waals surface area contributed by atoms with Gasteiger partial charge < -0.3 is 16.2 Å². The van der Waals surface area contributed by atoms with Gasteiger partial charge in [0.25, 0.3) is 0 Å². The molecular weight excluding hydrogens is 159 g/mol. The molecule has 0 fully saturated rings. The molecule has 0 heterocycles. The number of aliphatic hydroxyl groups is 1. The molecule has 0 aliphatic rings. The fraction of sp³-hybridized carbons (Fsp3) is 0.250. The molecule has 0 unspecified atom stereocenters. The highest BCUT2D eigenvalue weighted by atomic mass is 19.1. The highest BCUT2D eigenvalue weighted by molar-refractivity contribution is 5.49. The Bertz CT molecular complexity index is 265. The number of nitrogens with one attached hydrogen (secondary N) is 1. The van der Waals surface area contributed by atoms with Crippen LogP contribution in [0.3, 0.4) is 0 Å². The molecule has 3 nitrogen and oxygen atoms in total. The van der Waals surface area contributed by atoms with Crippen LogP contribution in [0.5, 0.6) is 0 Å². The van der Waals surface area contributed by atoms with Crippen LogP contribution in [0.2, 0.25) is 0 Å². The number of hydrogen-bond donors (Lipinski definition) is 3. The van der Waals surface area contributed by atoms with Crippen molar-refractivity contribution in [2.75, 3.05) is 18.5 Å². The lowest BCUT2D eigenvalue weighted by molar-refractivity contribution is -0.255. The van der Waals surface area contributed by atoms with Gasteiger partial charge in [0, 0.05) is 18.7 Å². The Balaban J connectivity index is 2.72. The number of halogens is 1. The number of hydrogen-bond acceptors (Lipinski definition) is 2. The summed E-state index contributed by atoms with van der Waals surface area (Å²) in [4.78, 5) is 0. The second-order valence-corrected chi connectivity index (χ2v) is 2.46. The van der Waals surface area contributed by atoms with Crippen molar-refractivity contribution in [1.29, 1.82) is 0 Å². The van der Waals surface area contributed by atoms with E-state index in [4.69, 9.17) is 5.11 Å². The molecule has 0 aliphatic carbocycles. The zero-order chi connectivity index (χ0) is 8.97. The number of rotatable bonds is 3. The van der Waals surface area contributed by atoms with Gasteiger partial charge in [-0.15, -0.1) is 0 Å². The largest absolute Gasteiger partial charge is 0.395 e. The molecule has 5 N–H and O–H groups in total. The maximum absolute atomic E-state index is 13.0. The Labute approximate surface area is 70.0 Å². The van der Waals surface area contributed by atoms with E-state index in [1.165, 1.54) is 6.07 Å². The van der Waals surface area contributed by atoms with Crippen molar-refractivity contribution >= 4 is 11.4 Å². The Morgan fingerprint density at radius 3 is 2.83 bits per heavy atom. The molecule has 0 atom stereocenters. The van der Waals surface area contributed by atoms with Crippen molar-refractivity contribution in [1.82, 2.24) is 0 Å². The van der Waals surface area contributed by atoms with Gasteiger partial charge >= 0.3 is 0 Å². The van der Waals surface area contributed by atoms with Crippen LogP contribution in [0, 0.1) is 5.82 Å².